The molecule has 0 unspecified atom stereocenters. The fourth-order valence-corrected chi connectivity index (χ4v) is 0.921. The third-order valence-electron chi connectivity index (χ3n) is 1.04. The predicted molar refractivity (Wildman–Crippen MR) is 36.8 cm³/mol. The molecule has 0 atom stereocenters. The summed E-state index contributed by atoms with van der Waals surface area (Å²) in [5.41, 5.74) is 0.685. The van der Waals surface area contributed by atoms with Crippen LogP contribution in [0.1, 0.15) is 5.69 Å². The summed E-state index contributed by atoms with van der Waals surface area (Å²) in [7, 11) is 1.81. The summed E-state index contributed by atoms with van der Waals surface area (Å²) in [6, 6.07) is 1.78. The number of aryl methyl sites for hydroxylation is 1. The van der Waals surface area contributed by atoms with Crippen molar-refractivity contribution in [2.24, 2.45) is 7.05 Å². The van der Waals surface area contributed by atoms with E-state index in [0.29, 0.717) is 5.69 Å². The van der Waals surface area contributed by atoms with E-state index in [9.17, 15) is 0 Å². The number of hydrogen-bond acceptors (Lipinski definition) is 2. The van der Waals surface area contributed by atoms with Gasteiger partial charge in [-0.1, -0.05) is 0 Å². The highest BCUT2D eigenvalue weighted by Gasteiger charge is 1.98. The van der Waals surface area contributed by atoms with Gasteiger partial charge in [0.05, 0.1) is 12.3 Å². The van der Waals surface area contributed by atoms with Crippen molar-refractivity contribution in [1.29, 1.82) is 0 Å². The first-order valence-electron chi connectivity index (χ1n) is 2.53. The zero-order valence-electron chi connectivity index (χ0n) is 5.00. The van der Waals surface area contributed by atoms with Crippen molar-refractivity contribution >= 4 is 15.9 Å². The molecule has 0 radical (unpaired) electrons. The molecule has 1 rings (SSSR count). The van der Waals surface area contributed by atoms with Crippen LogP contribution in [0.5, 0.6) is 0 Å². The summed E-state index contributed by atoms with van der Waals surface area (Å²) in [5.74, 6) is 0. The van der Waals surface area contributed by atoms with Crippen LogP contribution in [0.4, 0.5) is 0 Å². The largest absolute Gasteiger partial charge is 0.390 e. The Morgan fingerprint density at radius 3 is 2.78 bits per heavy atom. The van der Waals surface area contributed by atoms with E-state index in [1.54, 1.807) is 10.7 Å². The van der Waals surface area contributed by atoms with Crippen molar-refractivity contribution in [3.8, 4) is 0 Å². The summed E-state index contributed by atoms with van der Waals surface area (Å²) in [6.07, 6.45) is 0. The van der Waals surface area contributed by atoms with Gasteiger partial charge in [0, 0.05) is 7.05 Å². The SMILES string of the molecule is Cn1nc(CO)cc1Br. The van der Waals surface area contributed by atoms with E-state index in [4.69, 9.17) is 5.11 Å². The van der Waals surface area contributed by atoms with E-state index < -0.39 is 0 Å². The molecule has 1 N–H and O–H groups in total. The Balaban J connectivity index is 2.98. The Hall–Kier alpha value is -0.350. The van der Waals surface area contributed by atoms with E-state index in [0.717, 1.165) is 4.60 Å². The maximum atomic E-state index is 8.58. The van der Waals surface area contributed by atoms with Gasteiger partial charge in [-0.25, -0.2) is 0 Å². The van der Waals surface area contributed by atoms with Crippen LogP contribution in [-0.4, -0.2) is 14.9 Å². The summed E-state index contributed by atoms with van der Waals surface area (Å²) in [4.78, 5) is 0. The van der Waals surface area contributed by atoms with Crippen LogP contribution in [0.15, 0.2) is 10.7 Å². The quantitative estimate of drug-likeness (QED) is 0.708. The summed E-state index contributed by atoms with van der Waals surface area (Å²) >= 11 is 3.25. The molecule has 0 bridgehead atoms. The number of nitrogens with zero attached hydrogens (tertiary/aromatic N) is 2. The second kappa shape index (κ2) is 2.49. The molecule has 0 amide bonds. The molecule has 9 heavy (non-hydrogen) atoms. The van der Waals surface area contributed by atoms with E-state index in [1.165, 1.54) is 0 Å². The monoisotopic (exact) mass is 190 g/mol. The average Bonchev–Trinajstić information content (AvgIpc) is 2.13. The molecule has 0 fully saturated rings. The number of halogens is 1. The number of aliphatic hydroxyl groups is 1. The lowest BCUT2D eigenvalue weighted by Crippen LogP contribution is -1.91. The molecule has 0 spiro atoms. The minimum Gasteiger partial charge on any atom is -0.390 e. The highest BCUT2D eigenvalue weighted by molar-refractivity contribution is 9.10. The van der Waals surface area contributed by atoms with Crippen LogP contribution in [0.3, 0.4) is 0 Å². The summed E-state index contributed by atoms with van der Waals surface area (Å²) < 4.78 is 2.54. The van der Waals surface area contributed by atoms with E-state index in [1.807, 2.05) is 7.05 Å². The van der Waals surface area contributed by atoms with Gasteiger partial charge in [-0.05, 0) is 22.0 Å². The van der Waals surface area contributed by atoms with E-state index >= 15 is 0 Å². The van der Waals surface area contributed by atoms with Crippen molar-refractivity contribution in [2.45, 2.75) is 6.61 Å². The lowest BCUT2D eigenvalue weighted by Gasteiger charge is -1.86. The maximum absolute atomic E-state index is 8.58. The normalized spacial score (nSPS) is 10.1. The number of aliphatic hydroxyl groups excluding tert-OH is 1. The van der Waals surface area contributed by atoms with Gasteiger partial charge in [-0.2, -0.15) is 5.10 Å². The number of hydrogen-bond donors (Lipinski definition) is 1. The fourth-order valence-electron chi connectivity index (χ4n) is 0.577. The summed E-state index contributed by atoms with van der Waals surface area (Å²) in [5, 5.41) is 12.5. The molecule has 0 aliphatic carbocycles. The van der Waals surface area contributed by atoms with Gasteiger partial charge in [0.1, 0.15) is 4.60 Å². The molecule has 1 aromatic heterocycles. The van der Waals surface area contributed by atoms with Crippen LogP contribution in [0, 0.1) is 0 Å². The molecule has 1 heterocycles. The second-order valence-corrected chi connectivity index (χ2v) is 2.55. The number of rotatable bonds is 1. The Kier molecular flexibility index (Phi) is 1.87. The predicted octanol–water partition coefficient (Wildman–Crippen LogP) is 0.675. The topological polar surface area (TPSA) is 38.0 Å². The maximum Gasteiger partial charge on any atom is 0.104 e. The van der Waals surface area contributed by atoms with Gasteiger partial charge in [0.25, 0.3) is 0 Å². The Morgan fingerprint density at radius 2 is 2.56 bits per heavy atom. The molecular weight excluding hydrogens is 184 g/mol. The Bertz CT molecular complexity index is 189. The molecule has 4 heteroatoms. The third kappa shape index (κ3) is 1.31. The van der Waals surface area contributed by atoms with Crippen LogP contribution < -0.4 is 0 Å². The molecule has 1 aromatic rings. The van der Waals surface area contributed by atoms with Crippen LogP contribution >= 0.6 is 15.9 Å². The third-order valence-corrected chi connectivity index (χ3v) is 1.78. The summed E-state index contributed by atoms with van der Waals surface area (Å²) in [6.45, 7) is -0.000556. The van der Waals surface area contributed by atoms with Crippen LogP contribution in [-0.2, 0) is 13.7 Å². The van der Waals surface area contributed by atoms with Crippen molar-refractivity contribution in [1.82, 2.24) is 9.78 Å². The Labute approximate surface area is 61.4 Å². The molecule has 0 saturated heterocycles. The van der Waals surface area contributed by atoms with Gasteiger partial charge in [-0.15, -0.1) is 0 Å². The number of aromatic nitrogens is 2. The molecule has 50 valence electrons. The average molecular weight is 191 g/mol. The lowest BCUT2D eigenvalue weighted by atomic mass is 10.5. The zero-order valence-corrected chi connectivity index (χ0v) is 6.59. The first-order valence-corrected chi connectivity index (χ1v) is 3.32. The van der Waals surface area contributed by atoms with Gasteiger partial charge in [-0.3, -0.25) is 4.68 Å². The van der Waals surface area contributed by atoms with Gasteiger partial charge in [0.2, 0.25) is 0 Å². The smallest absolute Gasteiger partial charge is 0.104 e. The highest BCUT2D eigenvalue weighted by Crippen LogP contribution is 2.09. The van der Waals surface area contributed by atoms with Crippen molar-refractivity contribution in [3.05, 3.63) is 16.4 Å². The molecule has 0 aliphatic rings. The zero-order chi connectivity index (χ0) is 6.85. The van der Waals surface area contributed by atoms with Crippen LogP contribution in [0.25, 0.3) is 0 Å². The lowest BCUT2D eigenvalue weighted by molar-refractivity contribution is 0.275. The minimum absolute atomic E-state index is 0.000556. The van der Waals surface area contributed by atoms with E-state index in [2.05, 4.69) is 21.0 Å². The standard InChI is InChI=1S/C5H7BrN2O/c1-8-5(6)2-4(3-9)7-8/h2,9H,3H2,1H3. The molecular formula is C5H7BrN2O. The molecule has 3 nitrogen and oxygen atoms in total. The fraction of sp³-hybridized carbons (Fsp3) is 0.400. The van der Waals surface area contributed by atoms with Crippen molar-refractivity contribution < 1.29 is 5.11 Å². The van der Waals surface area contributed by atoms with Crippen molar-refractivity contribution in [2.75, 3.05) is 0 Å². The van der Waals surface area contributed by atoms with Gasteiger partial charge < -0.3 is 5.11 Å². The second-order valence-electron chi connectivity index (χ2n) is 1.74. The molecule has 0 saturated carbocycles. The Morgan fingerprint density at radius 1 is 1.89 bits per heavy atom. The first kappa shape index (κ1) is 6.77. The van der Waals surface area contributed by atoms with Gasteiger partial charge in [0.15, 0.2) is 0 Å². The van der Waals surface area contributed by atoms with E-state index in [-0.39, 0.29) is 6.61 Å². The highest BCUT2D eigenvalue weighted by atomic mass is 79.9. The van der Waals surface area contributed by atoms with Crippen LogP contribution in [0.2, 0.25) is 0 Å². The van der Waals surface area contributed by atoms with Gasteiger partial charge >= 0.3 is 0 Å². The molecule has 0 aromatic carbocycles. The molecule has 0 aliphatic heterocycles. The first-order chi connectivity index (χ1) is 4.24. The minimum atomic E-state index is -0.000556. The van der Waals surface area contributed by atoms with Crippen molar-refractivity contribution in [3.63, 3.8) is 0 Å².